The lowest BCUT2D eigenvalue weighted by molar-refractivity contribution is -0.117. The second kappa shape index (κ2) is 8.58. The Bertz CT molecular complexity index is 1470. The molecule has 6 rings (SSSR count). The number of amides is 1. The first-order chi connectivity index (χ1) is 17.7. The minimum Gasteiger partial charge on any atom is -0.486 e. The van der Waals surface area contributed by atoms with Crippen molar-refractivity contribution in [2.45, 2.75) is 57.3 Å². The molecule has 4 aromatic heterocycles. The average molecular weight is 510 g/mol. The molecule has 2 fully saturated rings. The summed E-state index contributed by atoms with van der Waals surface area (Å²) in [6, 6.07) is 3.93. The summed E-state index contributed by atoms with van der Waals surface area (Å²) in [6.07, 6.45) is 8.80. The van der Waals surface area contributed by atoms with E-state index in [2.05, 4.69) is 25.4 Å². The van der Waals surface area contributed by atoms with E-state index in [1.165, 1.54) is 18.6 Å². The lowest BCUT2D eigenvalue weighted by Gasteiger charge is -2.40. The number of hydrogen-bond acceptors (Lipinski definition) is 7. The molecule has 2 unspecified atom stereocenters. The number of imidazole rings is 1. The van der Waals surface area contributed by atoms with Gasteiger partial charge in [-0.3, -0.25) is 9.78 Å². The Kier molecular flexibility index (Phi) is 5.44. The van der Waals surface area contributed by atoms with Crippen LogP contribution in [0, 0.1) is 12.8 Å². The van der Waals surface area contributed by atoms with Gasteiger partial charge in [-0.05, 0) is 31.9 Å². The zero-order chi connectivity index (χ0) is 25.9. The number of carbonyl (C=O) groups is 1. The molecule has 1 amide bonds. The Morgan fingerprint density at radius 2 is 2.03 bits per heavy atom. The first-order valence-electron chi connectivity index (χ1n) is 12.0. The van der Waals surface area contributed by atoms with E-state index in [9.17, 15) is 18.7 Å². The molecule has 0 bridgehead atoms. The molecular weight excluding hydrogens is 484 g/mol. The summed E-state index contributed by atoms with van der Waals surface area (Å²) in [4.78, 5) is 25.9. The van der Waals surface area contributed by atoms with Gasteiger partial charge in [0, 0.05) is 42.8 Å². The molecule has 2 N–H and O–H groups in total. The fourth-order valence-corrected chi connectivity index (χ4v) is 4.82. The number of aryl methyl sites for hydroxylation is 1. The Labute approximate surface area is 210 Å². The molecule has 0 aliphatic heterocycles. The van der Waals surface area contributed by atoms with Gasteiger partial charge in [0.2, 0.25) is 5.91 Å². The molecule has 12 heteroatoms. The largest absolute Gasteiger partial charge is 0.486 e. The van der Waals surface area contributed by atoms with E-state index >= 15 is 0 Å². The number of carbonyl (C=O) groups excluding carboxylic acids is 1. The van der Waals surface area contributed by atoms with Crippen LogP contribution in [0.2, 0.25) is 0 Å². The number of anilines is 1. The molecule has 10 nitrogen and oxygen atoms in total. The van der Waals surface area contributed by atoms with Crippen molar-refractivity contribution in [3.63, 3.8) is 0 Å². The number of rotatable bonds is 7. The van der Waals surface area contributed by atoms with Crippen LogP contribution in [0.5, 0.6) is 5.75 Å². The summed E-state index contributed by atoms with van der Waals surface area (Å²) in [5.74, 6) is 0.249. The van der Waals surface area contributed by atoms with E-state index in [4.69, 9.17) is 4.74 Å². The summed E-state index contributed by atoms with van der Waals surface area (Å²) >= 11 is 0. The normalized spacial score (nSPS) is 24.8. The number of alkyl halides is 2. The first kappa shape index (κ1) is 23.5. The van der Waals surface area contributed by atoms with Gasteiger partial charge in [-0.1, -0.05) is 6.07 Å². The third kappa shape index (κ3) is 4.52. The maximum Gasteiger partial charge on any atom is 0.333 e. The summed E-state index contributed by atoms with van der Waals surface area (Å²) in [6.45, 7) is 0.762. The molecule has 4 heterocycles. The molecule has 2 saturated carbocycles. The standard InChI is InChI=1S/C25H25F2N7O3/c1-13-3-4-17(28-8-13)15-5-16(15)23(35)32-20-12-33-11-18(29-10-21(33)31-20)22-19(9-30-34(22)24(26)27)37-14-6-25(2,36)7-14/h3-4,8-12,14-16,24,36H,5-7H2,1-2H3,(H,32,35). The van der Waals surface area contributed by atoms with Gasteiger partial charge >= 0.3 is 6.55 Å². The van der Waals surface area contributed by atoms with Gasteiger partial charge in [-0.2, -0.15) is 18.6 Å². The van der Waals surface area contributed by atoms with Crippen molar-refractivity contribution in [1.29, 1.82) is 0 Å². The molecule has 37 heavy (non-hydrogen) atoms. The Hall–Kier alpha value is -3.93. The van der Waals surface area contributed by atoms with Crippen molar-refractivity contribution in [3.05, 3.63) is 54.4 Å². The molecule has 0 spiro atoms. The van der Waals surface area contributed by atoms with E-state index in [0.717, 1.165) is 17.7 Å². The van der Waals surface area contributed by atoms with E-state index in [1.54, 1.807) is 23.7 Å². The van der Waals surface area contributed by atoms with Gasteiger partial charge in [0.05, 0.1) is 24.2 Å². The van der Waals surface area contributed by atoms with Gasteiger partial charge in [0.15, 0.2) is 17.2 Å². The smallest absolute Gasteiger partial charge is 0.333 e. The number of hydrogen-bond donors (Lipinski definition) is 2. The maximum absolute atomic E-state index is 13.7. The molecule has 0 aromatic carbocycles. The zero-order valence-corrected chi connectivity index (χ0v) is 20.2. The fourth-order valence-electron chi connectivity index (χ4n) is 4.82. The van der Waals surface area contributed by atoms with Crippen LogP contribution in [0.4, 0.5) is 14.6 Å². The van der Waals surface area contributed by atoms with Crippen molar-refractivity contribution >= 4 is 17.4 Å². The van der Waals surface area contributed by atoms with Gasteiger partial charge in [0.25, 0.3) is 0 Å². The van der Waals surface area contributed by atoms with E-state index in [1.807, 2.05) is 19.1 Å². The van der Waals surface area contributed by atoms with E-state index in [-0.39, 0.29) is 41.0 Å². The lowest BCUT2D eigenvalue weighted by Crippen LogP contribution is -2.47. The highest BCUT2D eigenvalue weighted by Crippen LogP contribution is 2.47. The summed E-state index contributed by atoms with van der Waals surface area (Å²) < 4.78 is 35.4. The van der Waals surface area contributed by atoms with Crippen molar-refractivity contribution in [3.8, 4) is 17.1 Å². The van der Waals surface area contributed by atoms with Crippen LogP contribution in [0.25, 0.3) is 17.0 Å². The van der Waals surface area contributed by atoms with Crippen molar-refractivity contribution < 1.29 is 23.4 Å². The number of nitrogens with one attached hydrogen (secondary N) is 1. The minimum atomic E-state index is -2.90. The fraction of sp³-hybridized carbons (Fsp3) is 0.400. The molecule has 2 aliphatic rings. The molecule has 2 aliphatic carbocycles. The van der Waals surface area contributed by atoms with Crippen molar-refractivity contribution in [2.24, 2.45) is 5.92 Å². The van der Waals surface area contributed by atoms with Gasteiger partial charge in [0.1, 0.15) is 17.5 Å². The summed E-state index contributed by atoms with van der Waals surface area (Å²) in [7, 11) is 0. The quantitative estimate of drug-likeness (QED) is 0.390. The molecular formula is C25H25F2N7O3. The Morgan fingerprint density at radius 1 is 1.22 bits per heavy atom. The lowest BCUT2D eigenvalue weighted by atomic mass is 9.79. The number of nitrogens with zero attached hydrogens (tertiary/aromatic N) is 6. The predicted octanol–water partition coefficient (Wildman–Crippen LogP) is 3.73. The third-order valence-corrected chi connectivity index (χ3v) is 6.85. The van der Waals surface area contributed by atoms with Gasteiger partial charge < -0.3 is 19.6 Å². The van der Waals surface area contributed by atoms with Crippen molar-refractivity contribution in [2.75, 3.05) is 5.32 Å². The zero-order valence-electron chi connectivity index (χ0n) is 20.2. The number of fused-ring (bicyclic) bond motifs is 1. The Balaban J connectivity index is 1.21. The van der Waals surface area contributed by atoms with Crippen LogP contribution in [0.15, 0.2) is 43.1 Å². The SMILES string of the molecule is Cc1ccc(C2CC2C(=O)Nc2cn3cc(-c4c(OC5CC(C)(O)C5)cnn4C(F)F)ncc3n2)nc1. The second-order valence-electron chi connectivity index (χ2n) is 10.1. The van der Waals surface area contributed by atoms with Crippen LogP contribution >= 0.6 is 0 Å². The minimum absolute atomic E-state index is 0.0224. The predicted molar refractivity (Wildman–Crippen MR) is 128 cm³/mol. The van der Waals surface area contributed by atoms with Crippen molar-refractivity contribution in [1.82, 2.24) is 29.1 Å². The second-order valence-corrected chi connectivity index (χ2v) is 10.1. The summed E-state index contributed by atoms with van der Waals surface area (Å²) in [5, 5.41) is 16.6. The molecule has 0 radical (unpaired) electrons. The highest BCUT2D eigenvalue weighted by Gasteiger charge is 2.45. The number of aliphatic hydroxyl groups is 1. The summed E-state index contributed by atoms with van der Waals surface area (Å²) in [5.41, 5.74) is 1.80. The monoisotopic (exact) mass is 509 g/mol. The molecule has 0 saturated heterocycles. The van der Waals surface area contributed by atoms with E-state index < -0.39 is 12.2 Å². The van der Waals surface area contributed by atoms with Crippen LogP contribution in [-0.2, 0) is 4.79 Å². The van der Waals surface area contributed by atoms with Gasteiger partial charge in [-0.15, -0.1) is 0 Å². The Morgan fingerprint density at radius 3 is 2.73 bits per heavy atom. The van der Waals surface area contributed by atoms with Crippen LogP contribution in [-0.4, -0.2) is 51.9 Å². The third-order valence-electron chi connectivity index (χ3n) is 6.85. The highest BCUT2D eigenvalue weighted by atomic mass is 19.3. The number of aromatic nitrogens is 6. The molecule has 2 atom stereocenters. The maximum atomic E-state index is 13.7. The van der Waals surface area contributed by atoms with E-state index in [0.29, 0.717) is 29.0 Å². The highest BCUT2D eigenvalue weighted by molar-refractivity contribution is 5.94. The average Bonchev–Trinajstić information content (AvgIpc) is 3.36. The van der Waals surface area contributed by atoms with Crippen LogP contribution < -0.4 is 10.1 Å². The molecule has 192 valence electrons. The first-order valence-corrected chi connectivity index (χ1v) is 12.0. The number of ether oxygens (including phenoxy) is 1. The van der Waals surface area contributed by atoms with Crippen LogP contribution in [0.1, 0.15) is 49.9 Å². The number of halogens is 2. The topological polar surface area (TPSA) is 119 Å². The molecule has 4 aromatic rings. The number of pyridine rings is 1. The van der Waals surface area contributed by atoms with Crippen LogP contribution in [0.3, 0.4) is 0 Å². The van der Waals surface area contributed by atoms with Gasteiger partial charge in [-0.25, -0.2) is 9.97 Å².